The van der Waals surface area contributed by atoms with Gasteiger partial charge >= 0.3 is 0 Å². The van der Waals surface area contributed by atoms with E-state index in [2.05, 4.69) is 31.1 Å². The van der Waals surface area contributed by atoms with Gasteiger partial charge in [-0.05, 0) is 41.2 Å². The second-order valence-electron chi connectivity index (χ2n) is 8.54. The highest BCUT2D eigenvalue weighted by Crippen LogP contribution is 2.22. The molecule has 1 unspecified atom stereocenters. The van der Waals surface area contributed by atoms with E-state index in [9.17, 15) is 9.59 Å². The van der Waals surface area contributed by atoms with Gasteiger partial charge in [0.1, 0.15) is 6.04 Å². The van der Waals surface area contributed by atoms with E-state index in [0.29, 0.717) is 12.1 Å². The topological polar surface area (TPSA) is 62.3 Å². The van der Waals surface area contributed by atoms with Gasteiger partial charge in [-0.15, -0.1) is 0 Å². The molecule has 1 heterocycles. The van der Waals surface area contributed by atoms with E-state index >= 15 is 0 Å². The largest absolute Gasteiger partial charge is 0.340 e. The molecule has 150 valence electrons. The Balaban J connectivity index is 2.09. The highest BCUT2D eigenvalue weighted by atomic mass is 16.2. The molecule has 5 heteroatoms. The number of benzene rings is 1. The first-order valence-electron chi connectivity index (χ1n) is 9.66. The Bertz CT molecular complexity index is 793. The lowest BCUT2D eigenvalue weighted by atomic mass is 9.86. The molecule has 5 nitrogen and oxygen atoms in total. The molecule has 1 atom stereocenters. The average molecular weight is 382 g/mol. The van der Waals surface area contributed by atoms with Gasteiger partial charge in [0.25, 0.3) is 5.91 Å². The molecule has 0 aliphatic rings. The number of pyridine rings is 1. The molecule has 1 N–H and O–H groups in total. The van der Waals surface area contributed by atoms with Crippen molar-refractivity contribution in [3.63, 3.8) is 0 Å². The van der Waals surface area contributed by atoms with Crippen molar-refractivity contribution in [1.82, 2.24) is 15.2 Å². The zero-order chi connectivity index (χ0) is 20.9. The minimum absolute atomic E-state index is 0.0274. The number of nitrogens with zero attached hydrogens (tertiary/aromatic N) is 2. The summed E-state index contributed by atoms with van der Waals surface area (Å²) >= 11 is 0. The summed E-state index contributed by atoms with van der Waals surface area (Å²) in [5.74, 6) is -0.393. The molecular formula is C23H31N3O2. The molecular weight excluding hydrogens is 350 g/mol. The van der Waals surface area contributed by atoms with Gasteiger partial charge in [-0.25, -0.2) is 0 Å². The second-order valence-corrected chi connectivity index (χ2v) is 8.54. The van der Waals surface area contributed by atoms with E-state index < -0.39 is 6.04 Å². The highest BCUT2D eigenvalue weighted by Gasteiger charge is 2.27. The summed E-state index contributed by atoms with van der Waals surface area (Å²) in [6.07, 6.45) is 1.70. The summed E-state index contributed by atoms with van der Waals surface area (Å²) in [7, 11) is 1.73. The predicted molar refractivity (Wildman–Crippen MR) is 112 cm³/mol. The average Bonchev–Trinajstić information content (AvgIpc) is 2.65. The summed E-state index contributed by atoms with van der Waals surface area (Å²) in [6.45, 7) is 10.7. The third kappa shape index (κ3) is 5.65. The van der Waals surface area contributed by atoms with Gasteiger partial charge in [-0.1, -0.05) is 52.8 Å². The van der Waals surface area contributed by atoms with Gasteiger partial charge in [-0.2, -0.15) is 0 Å². The van der Waals surface area contributed by atoms with Crippen LogP contribution in [0.1, 0.15) is 56.2 Å². The van der Waals surface area contributed by atoms with Crippen molar-refractivity contribution < 1.29 is 9.59 Å². The summed E-state index contributed by atoms with van der Waals surface area (Å²) in [5, 5.41) is 2.91. The molecule has 0 saturated carbocycles. The van der Waals surface area contributed by atoms with Crippen molar-refractivity contribution in [3.8, 4) is 0 Å². The van der Waals surface area contributed by atoms with E-state index in [1.54, 1.807) is 18.1 Å². The summed E-state index contributed by atoms with van der Waals surface area (Å²) in [5.41, 5.74) is 2.55. The Morgan fingerprint density at radius 1 is 1.07 bits per heavy atom. The van der Waals surface area contributed by atoms with Crippen LogP contribution in [0.3, 0.4) is 0 Å². The molecule has 1 aromatic carbocycles. The van der Waals surface area contributed by atoms with Crippen molar-refractivity contribution in [2.45, 2.75) is 52.6 Å². The third-order valence-electron chi connectivity index (χ3n) is 4.73. The monoisotopic (exact) mass is 381 g/mol. The Morgan fingerprint density at radius 2 is 1.71 bits per heavy atom. The molecule has 2 amide bonds. The van der Waals surface area contributed by atoms with Crippen LogP contribution >= 0.6 is 0 Å². The minimum Gasteiger partial charge on any atom is -0.340 e. The Kier molecular flexibility index (Phi) is 6.95. The van der Waals surface area contributed by atoms with Gasteiger partial charge < -0.3 is 10.2 Å². The molecule has 28 heavy (non-hydrogen) atoms. The fourth-order valence-corrected chi connectivity index (χ4v) is 2.91. The van der Waals surface area contributed by atoms with Crippen LogP contribution < -0.4 is 5.32 Å². The van der Waals surface area contributed by atoms with Crippen molar-refractivity contribution in [3.05, 3.63) is 65.5 Å². The number of nitrogens with one attached hydrogen (secondary N) is 1. The fraction of sp³-hybridized carbons (Fsp3) is 0.435. The van der Waals surface area contributed by atoms with Crippen molar-refractivity contribution in [2.24, 2.45) is 5.92 Å². The number of rotatable bonds is 6. The van der Waals surface area contributed by atoms with Crippen LogP contribution in [0.5, 0.6) is 0 Å². The first-order chi connectivity index (χ1) is 13.1. The molecule has 2 rings (SSSR count). The standard InChI is InChI=1S/C23H31N3O2/c1-16(2)20(22(28)26(6)15-19-9-7-8-14-24-19)25-21(27)17-10-12-18(13-11-17)23(3,4)5/h7-14,16,20H,15H2,1-6H3,(H,25,27). The Hall–Kier alpha value is -2.69. The molecule has 0 aliphatic heterocycles. The first-order valence-corrected chi connectivity index (χ1v) is 9.66. The maximum Gasteiger partial charge on any atom is 0.251 e. The lowest BCUT2D eigenvalue weighted by Crippen LogP contribution is -2.50. The smallest absolute Gasteiger partial charge is 0.251 e. The molecule has 0 aliphatic carbocycles. The quantitative estimate of drug-likeness (QED) is 0.828. The maximum absolute atomic E-state index is 12.9. The van der Waals surface area contributed by atoms with Crippen LogP contribution in [-0.4, -0.2) is 34.8 Å². The summed E-state index contributed by atoms with van der Waals surface area (Å²) in [6, 6.07) is 12.6. The Morgan fingerprint density at radius 3 is 2.21 bits per heavy atom. The van der Waals surface area contributed by atoms with Crippen molar-refractivity contribution in [1.29, 1.82) is 0 Å². The van der Waals surface area contributed by atoms with E-state index in [0.717, 1.165) is 11.3 Å². The molecule has 0 saturated heterocycles. The van der Waals surface area contributed by atoms with Crippen LogP contribution in [0.4, 0.5) is 0 Å². The van der Waals surface area contributed by atoms with Gasteiger partial charge in [0.2, 0.25) is 5.91 Å². The number of amides is 2. The maximum atomic E-state index is 12.9. The van der Waals surface area contributed by atoms with Crippen LogP contribution in [0.15, 0.2) is 48.7 Å². The minimum atomic E-state index is -0.594. The predicted octanol–water partition coefficient (Wildman–Crippen LogP) is 3.79. The van der Waals surface area contributed by atoms with Crippen LogP contribution in [0.25, 0.3) is 0 Å². The lowest BCUT2D eigenvalue weighted by molar-refractivity contribution is -0.133. The van der Waals surface area contributed by atoms with Gasteiger partial charge in [0, 0.05) is 18.8 Å². The van der Waals surface area contributed by atoms with Gasteiger partial charge in [0.15, 0.2) is 0 Å². The van der Waals surface area contributed by atoms with Gasteiger partial charge in [0.05, 0.1) is 12.2 Å². The number of likely N-dealkylation sites (N-methyl/N-ethyl adjacent to an activating group) is 1. The normalized spacial score (nSPS) is 12.5. The molecule has 0 spiro atoms. The van der Waals surface area contributed by atoms with Gasteiger partial charge in [-0.3, -0.25) is 14.6 Å². The molecule has 1 aromatic heterocycles. The second kappa shape index (κ2) is 9.00. The number of hydrogen-bond acceptors (Lipinski definition) is 3. The molecule has 0 fully saturated rings. The zero-order valence-corrected chi connectivity index (χ0v) is 17.7. The molecule has 0 radical (unpaired) electrons. The first kappa shape index (κ1) is 21.6. The third-order valence-corrected chi connectivity index (χ3v) is 4.73. The summed E-state index contributed by atoms with van der Waals surface area (Å²) < 4.78 is 0. The van der Waals surface area contributed by atoms with E-state index in [-0.39, 0.29) is 23.1 Å². The number of carbonyl (C=O) groups excluding carboxylic acids is 2. The fourth-order valence-electron chi connectivity index (χ4n) is 2.91. The summed E-state index contributed by atoms with van der Waals surface area (Å²) in [4.78, 5) is 31.5. The molecule has 0 bridgehead atoms. The van der Waals surface area contributed by atoms with Crippen molar-refractivity contribution in [2.75, 3.05) is 7.05 Å². The van der Waals surface area contributed by atoms with Crippen LogP contribution in [0.2, 0.25) is 0 Å². The lowest BCUT2D eigenvalue weighted by Gasteiger charge is -2.27. The number of carbonyl (C=O) groups is 2. The van der Waals surface area contributed by atoms with E-state index in [1.807, 2.05) is 56.3 Å². The van der Waals surface area contributed by atoms with Crippen LogP contribution in [0, 0.1) is 5.92 Å². The number of hydrogen-bond donors (Lipinski definition) is 1. The molecule has 2 aromatic rings. The SMILES string of the molecule is CC(C)C(NC(=O)c1ccc(C(C)(C)C)cc1)C(=O)N(C)Cc1ccccn1. The highest BCUT2D eigenvalue weighted by molar-refractivity contribution is 5.97. The zero-order valence-electron chi connectivity index (χ0n) is 17.7. The van der Waals surface area contributed by atoms with Crippen molar-refractivity contribution >= 4 is 11.8 Å². The van der Waals surface area contributed by atoms with E-state index in [1.165, 1.54) is 0 Å². The number of aromatic nitrogens is 1. The van der Waals surface area contributed by atoms with E-state index in [4.69, 9.17) is 0 Å². The Labute approximate surface area is 168 Å². The van der Waals surface area contributed by atoms with Crippen LogP contribution in [-0.2, 0) is 16.8 Å².